The molecule has 2 rings (SSSR count). The molecule has 2 aliphatic heterocycles. The highest BCUT2D eigenvalue weighted by Gasteiger charge is 2.61. The summed E-state index contributed by atoms with van der Waals surface area (Å²) in [5, 5.41) is 19.8. The van der Waals surface area contributed by atoms with E-state index in [0.29, 0.717) is 13.0 Å². The molecule has 2 aliphatic rings. The molecule has 6 heteroatoms. The molecule has 1 N–H and O–H groups in total. The van der Waals surface area contributed by atoms with Crippen LogP contribution < -0.4 is 0 Å². The van der Waals surface area contributed by atoms with Gasteiger partial charge in [0.15, 0.2) is 9.84 Å². The van der Waals surface area contributed by atoms with Crippen LogP contribution in [0.2, 0.25) is 0 Å². The van der Waals surface area contributed by atoms with Gasteiger partial charge in [-0.3, -0.25) is 0 Å². The van der Waals surface area contributed by atoms with E-state index >= 15 is 0 Å². The minimum atomic E-state index is -3.20. The second-order valence-corrected chi connectivity index (χ2v) is 6.91. The van der Waals surface area contributed by atoms with Gasteiger partial charge in [-0.1, -0.05) is 0 Å². The summed E-state index contributed by atoms with van der Waals surface area (Å²) >= 11 is 0. The lowest BCUT2D eigenvalue weighted by molar-refractivity contribution is -0.0884. The van der Waals surface area contributed by atoms with Gasteiger partial charge < -0.3 is 9.84 Å². The Morgan fingerprint density at radius 2 is 2.19 bits per heavy atom. The molecular weight excluding hydrogens is 230 g/mol. The van der Waals surface area contributed by atoms with Crippen molar-refractivity contribution >= 4 is 9.84 Å². The zero-order valence-electron chi connectivity index (χ0n) is 9.14. The summed E-state index contributed by atoms with van der Waals surface area (Å²) in [5.74, 6) is -0.268. The van der Waals surface area contributed by atoms with Crippen molar-refractivity contribution in [3.63, 3.8) is 0 Å². The fraction of sp³-hybridized carbons (Fsp3) is 0.900. The van der Waals surface area contributed by atoms with Crippen LogP contribution in [0.5, 0.6) is 0 Å². The van der Waals surface area contributed by atoms with Crippen molar-refractivity contribution in [3.05, 3.63) is 0 Å². The number of nitriles is 1. The van der Waals surface area contributed by atoms with E-state index in [-0.39, 0.29) is 17.9 Å². The molecule has 2 saturated heterocycles. The standard InChI is InChI=1S/C10H15NO4S/c1-8-10(12,2-4-15-8)9(6-11)3-5-16(13,14)7-9/h8,12H,2-5,7H2,1H3. The molecular formula is C10H15NO4S. The summed E-state index contributed by atoms with van der Waals surface area (Å²) in [7, 11) is -3.20. The summed E-state index contributed by atoms with van der Waals surface area (Å²) in [6.07, 6.45) is 0.0493. The molecule has 0 saturated carbocycles. The quantitative estimate of drug-likeness (QED) is 0.694. The molecule has 3 atom stereocenters. The third kappa shape index (κ3) is 1.46. The van der Waals surface area contributed by atoms with Crippen molar-refractivity contribution in [2.75, 3.05) is 18.1 Å². The van der Waals surface area contributed by atoms with Crippen molar-refractivity contribution < 1.29 is 18.3 Å². The first-order valence-corrected chi connectivity index (χ1v) is 7.13. The topological polar surface area (TPSA) is 87.4 Å². The molecule has 2 fully saturated rings. The molecule has 3 unspecified atom stereocenters. The molecule has 0 amide bonds. The highest BCUT2D eigenvalue weighted by atomic mass is 32.2. The monoisotopic (exact) mass is 245 g/mol. The van der Waals surface area contributed by atoms with Crippen molar-refractivity contribution in [1.82, 2.24) is 0 Å². The van der Waals surface area contributed by atoms with Crippen LogP contribution in [-0.2, 0) is 14.6 Å². The average Bonchev–Trinajstić information content (AvgIpc) is 2.71. The third-order valence-corrected chi connectivity index (χ3v) is 5.63. The van der Waals surface area contributed by atoms with E-state index < -0.39 is 27.0 Å². The first kappa shape index (κ1) is 11.8. The average molecular weight is 245 g/mol. The summed E-state index contributed by atoms with van der Waals surface area (Å²) in [4.78, 5) is 0. The zero-order valence-corrected chi connectivity index (χ0v) is 9.96. The zero-order chi connectivity index (χ0) is 12.0. The fourth-order valence-corrected chi connectivity index (χ4v) is 4.75. The van der Waals surface area contributed by atoms with Crippen LogP contribution in [0.25, 0.3) is 0 Å². The van der Waals surface area contributed by atoms with E-state index in [2.05, 4.69) is 0 Å². The molecule has 0 aromatic heterocycles. The number of ether oxygens (including phenoxy) is 1. The smallest absolute Gasteiger partial charge is 0.152 e. The van der Waals surface area contributed by atoms with Crippen LogP contribution in [0, 0.1) is 16.7 Å². The van der Waals surface area contributed by atoms with Gasteiger partial charge in [0.05, 0.1) is 23.7 Å². The second kappa shape index (κ2) is 3.42. The molecule has 2 heterocycles. The molecule has 5 nitrogen and oxygen atoms in total. The van der Waals surface area contributed by atoms with E-state index in [1.807, 2.05) is 6.07 Å². The van der Waals surface area contributed by atoms with Crippen LogP contribution >= 0.6 is 0 Å². The number of sulfone groups is 1. The first-order valence-electron chi connectivity index (χ1n) is 5.31. The molecule has 0 aromatic rings. The third-order valence-electron chi connectivity index (χ3n) is 3.87. The maximum Gasteiger partial charge on any atom is 0.152 e. The van der Waals surface area contributed by atoms with Gasteiger partial charge in [0.2, 0.25) is 0 Å². The van der Waals surface area contributed by atoms with Crippen molar-refractivity contribution in [2.24, 2.45) is 5.41 Å². The lowest BCUT2D eigenvalue weighted by Crippen LogP contribution is -2.53. The Balaban J connectivity index is 2.41. The van der Waals surface area contributed by atoms with Gasteiger partial charge in [0.1, 0.15) is 11.0 Å². The number of hydrogen-bond donors (Lipinski definition) is 1. The van der Waals surface area contributed by atoms with Gasteiger partial charge in [0.25, 0.3) is 0 Å². The van der Waals surface area contributed by atoms with Crippen molar-refractivity contribution in [1.29, 1.82) is 5.26 Å². The molecule has 90 valence electrons. The van der Waals surface area contributed by atoms with E-state index in [0.717, 1.165) is 0 Å². The highest BCUT2D eigenvalue weighted by molar-refractivity contribution is 7.91. The van der Waals surface area contributed by atoms with Gasteiger partial charge >= 0.3 is 0 Å². The van der Waals surface area contributed by atoms with Crippen LogP contribution in [0.3, 0.4) is 0 Å². The van der Waals surface area contributed by atoms with Gasteiger partial charge in [-0.15, -0.1) is 0 Å². The first-order chi connectivity index (χ1) is 7.35. The largest absolute Gasteiger partial charge is 0.385 e. The Kier molecular flexibility index (Phi) is 2.53. The van der Waals surface area contributed by atoms with Crippen LogP contribution in [0.15, 0.2) is 0 Å². The number of rotatable bonds is 1. The maximum absolute atomic E-state index is 11.5. The SMILES string of the molecule is CC1OCCC1(O)C1(C#N)CCS(=O)(=O)C1. The Hall–Kier alpha value is -0.640. The fourth-order valence-electron chi connectivity index (χ4n) is 2.74. The summed E-state index contributed by atoms with van der Waals surface area (Å²) in [6, 6.07) is 2.04. The molecule has 16 heavy (non-hydrogen) atoms. The van der Waals surface area contributed by atoms with Crippen LogP contribution in [0.4, 0.5) is 0 Å². The minimum absolute atomic E-state index is 0.0183. The van der Waals surface area contributed by atoms with Gasteiger partial charge in [-0.25, -0.2) is 8.42 Å². The number of nitrogens with zero attached hydrogens (tertiary/aromatic N) is 1. The molecule has 0 spiro atoms. The minimum Gasteiger partial charge on any atom is -0.385 e. The summed E-state index contributed by atoms with van der Waals surface area (Å²) < 4.78 is 28.3. The van der Waals surface area contributed by atoms with Crippen molar-refractivity contribution in [2.45, 2.75) is 31.5 Å². The Morgan fingerprint density at radius 3 is 2.56 bits per heavy atom. The van der Waals surface area contributed by atoms with E-state index in [1.165, 1.54) is 0 Å². The normalized spacial score (nSPS) is 46.7. The lowest BCUT2D eigenvalue weighted by atomic mass is 9.69. The number of aliphatic hydroxyl groups is 1. The van der Waals surface area contributed by atoms with E-state index in [1.54, 1.807) is 6.92 Å². The predicted octanol–water partition coefficient (Wildman–Crippen LogP) is -0.145. The molecule has 0 aliphatic carbocycles. The highest BCUT2D eigenvalue weighted by Crippen LogP contribution is 2.48. The van der Waals surface area contributed by atoms with Crippen LogP contribution in [-0.4, -0.2) is 43.3 Å². The molecule has 0 radical (unpaired) electrons. The van der Waals surface area contributed by atoms with Gasteiger partial charge in [-0.05, 0) is 13.3 Å². The second-order valence-electron chi connectivity index (χ2n) is 4.72. The molecule has 0 aromatic carbocycles. The van der Waals surface area contributed by atoms with E-state index in [9.17, 15) is 18.8 Å². The molecule has 0 bridgehead atoms. The summed E-state index contributed by atoms with van der Waals surface area (Å²) in [6.45, 7) is 2.07. The number of hydrogen-bond acceptors (Lipinski definition) is 5. The van der Waals surface area contributed by atoms with Crippen molar-refractivity contribution in [3.8, 4) is 6.07 Å². The summed E-state index contributed by atoms with van der Waals surface area (Å²) in [5.41, 5.74) is -2.52. The lowest BCUT2D eigenvalue weighted by Gasteiger charge is -2.38. The van der Waals surface area contributed by atoms with E-state index in [4.69, 9.17) is 4.74 Å². The maximum atomic E-state index is 11.5. The van der Waals surface area contributed by atoms with Gasteiger partial charge in [0, 0.05) is 13.0 Å². The predicted molar refractivity (Wildman–Crippen MR) is 56.3 cm³/mol. The Morgan fingerprint density at radius 1 is 1.50 bits per heavy atom. The Labute approximate surface area is 94.9 Å². The van der Waals surface area contributed by atoms with Gasteiger partial charge in [-0.2, -0.15) is 5.26 Å². The Bertz CT molecular complexity index is 440. The van der Waals surface area contributed by atoms with Crippen LogP contribution in [0.1, 0.15) is 19.8 Å².